The highest BCUT2D eigenvalue weighted by Crippen LogP contribution is 2.45. The molecule has 0 aliphatic heterocycles. The van der Waals surface area contributed by atoms with Crippen molar-refractivity contribution in [3.05, 3.63) is 73.2 Å². The summed E-state index contributed by atoms with van der Waals surface area (Å²) >= 11 is 0. The van der Waals surface area contributed by atoms with E-state index in [1.54, 1.807) is 0 Å². The number of hydrogen-bond donors (Lipinski definition) is 0. The lowest BCUT2D eigenvalue weighted by Gasteiger charge is -2.19. The Morgan fingerprint density at radius 3 is 1.50 bits per heavy atom. The van der Waals surface area contributed by atoms with Crippen LogP contribution in [-0.2, 0) is 12.8 Å². The molecule has 3 rings (SSSR count). The molecule has 2 heteroatoms. The Morgan fingerprint density at radius 1 is 0.750 bits per heavy atom. The Balaban J connectivity index is 2.62. The first kappa shape index (κ1) is 16.1. The minimum absolute atomic E-state index is 0.846. The summed E-state index contributed by atoms with van der Waals surface area (Å²) in [5.41, 5.74) is 2.45. The highest BCUT2D eigenvalue weighted by Gasteiger charge is 2.19. The van der Waals surface area contributed by atoms with Gasteiger partial charge in [-0.15, -0.1) is 0 Å². The lowest BCUT2D eigenvalue weighted by atomic mass is 9.93. The SMILES string of the molecule is C=COc1c2cccc(CC)c2c(OC=C)c2cccc(CC)c12. The molecule has 0 aromatic heterocycles. The average Bonchev–Trinajstić information content (AvgIpc) is 2.63. The van der Waals surface area contributed by atoms with Crippen molar-refractivity contribution in [2.45, 2.75) is 26.7 Å². The summed E-state index contributed by atoms with van der Waals surface area (Å²) < 4.78 is 11.8. The van der Waals surface area contributed by atoms with Gasteiger partial charge in [0.1, 0.15) is 11.5 Å². The van der Waals surface area contributed by atoms with E-state index in [2.05, 4.69) is 63.4 Å². The molecular formula is C22H22O2. The van der Waals surface area contributed by atoms with E-state index in [4.69, 9.17) is 9.47 Å². The van der Waals surface area contributed by atoms with Gasteiger partial charge in [-0.1, -0.05) is 63.4 Å². The van der Waals surface area contributed by atoms with E-state index < -0.39 is 0 Å². The summed E-state index contributed by atoms with van der Waals surface area (Å²) in [5, 5.41) is 4.24. The lowest BCUT2D eigenvalue weighted by molar-refractivity contribution is 0.486. The van der Waals surface area contributed by atoms with Crippen LogP contribution in [0.2, 0.25) is 0 Å². The number of aryl methyl sites for hydroxylation is 2. The first-order valence-electron chi connectivity index (χ1n) is 8.31. The molecular weight excluding hydrogens is 296 g/mol. The van der Waals surface area contributed by atoms with Gasteiger partial charge in [0.05, 0.1) is 12.5 Å². The van der Waals surface area contributed by atoms with Gasteiger partial charge >= 0.3 is 0 Å². The quantitative estimate of drug-likeness (QED) is 0.400. The molecule has 0 fully saturated rings. The van der Waals surface area contributed by atoms with Gasteiger partial charge in [-0.05, 0) is 24.0 Å². The van der Waals surface area contributed by atoms with Crippen LogP contribution in [0.15, 0.2) is 62.1 Å². The third-order valence-corrected chi connectivity index (χ3v) is 4.41. The predicted molar refractivity (Wildman–Crippen MR) is 102 cm³/mol. The van der Waals surface area contributed by atoms with E-state index in [0.717, 1.165) is 45.9 Å². The van der Waals surface area contributed by atoms with E-state index in [0.29, 0.717) is 0 Å². The zero-order chi connectivity index (χ0) is 17.1. The smallest absolute Gasteiger partial charge is 0.142 e. The van der Waals surface area contributed by atoms with Crippen LogP contribution in [0.25, 0.3) is 21.5 Å². The van der Waals surface area contributed by atoms with Gasteiger partial charge in [-0.25, -0.2) is 0 Å². The third kappa shape index (κ3) is 2.44. The van der Waals surface area contributed by atoms with E-state index in [9.17, 15) is 0 Å². The predicted octanol–water partition coefficient (Wildman–Crippen LogP) is 6.16. The average molecular weight is 318 g/mol. The van der Waals surface area contributed by atoms with Crippen LogP contribution >= 0.6 is 0 Å². The second-order valence-corrected chi connectivity index (χ2v) is 5.61. The van der Waals surface area contributed by atoms with Crippen molar-refractivity contribution in [3.8, 4) is 11.5 Å². The van der Waals surface area contributed by atoms with Gasteiger partial charge in [0.25, 0.3) is 0 Å². The molecule has 0 aliphatic rings. The van der Waals surface area contributed by atoms with Gasteiger partial charge < -0.3 is 9.47 Å². The maximum Gasteiger partial charge on any atom is 0.142 e. The number of rotatable bonds is 6. The van der Waals surface area contributed by atoms with Crippen LogP contribution in [0.1, 0.15) is 25.0 Å². The molecule has 2 nitrogen and oxygen atoms in total. The van der Waals surface area contributed by atoms with Crippen LogP contribution in [-0.4, -0.2) is 0 Å². The normalized spacial score (nSPS) is 10.8. The molecule has 0 amide bonds. The zero-order valence-electron chi connectivity index (χ0n) is 14.3. The van der Waals surface area contributed by atoms with Gasteiger partial charge in [0.2, 0.25) is 0 Å². The third-order valence-electron chi connectivity index (χ3n) is 4.41. The first-order chi connectivity index (χ1) is 11.8. The molecule has 0 heterocycles. The molecule has 0 bridgehead atoms. The van der Waals surface area contributed by atoms with Crippen molar-refractivity contribution in [1.29, 1.82) is 0 Å². The molecule has 0 unspecified atom stereocenters. The molecule has 3 aromatic rings. The number of hydrogen-bond acceptors (Lipinski definition) is 2. The molecule has 24 heavy (non-hydrogen) atoms. The Morgan fingerprint density at radius 2 is 1.17 bits per heavy atom. The summed E-state index contributed by atoms with van der Waals surface area (Å²) in [5.74, 6) is 1.69. The molecule has 0 aliphatic carbocycles. The molecule has 0 atom stereocenters. The molecule has 0 saturated carbocycles. The Labute approximate surface area is 143 Å². The second kappa shape index (κ2) is 6.79. The van der Waals surface area contributed by atoms with Gasteiger partial charge in [0.15, 0.2) is 0 Å². The van der Waals surface area contributed by atoms with E-state index in [1.165, 1.54) is 23.7 Å². The Hall–Kier alpha value is -2.74. The summed E-state index contributed by atoms with van der Waals surface area (Å²) in [6, 6.07) is 12.5. The van der Waals surface area contributed by atoms with Crippen LogP contribution in [0.3, 0.4) is 0 Å². The molecule has 0 saturated heterocycles. The topological polar surface area (TPSA) is 18.5 Å². The minimum Gasteiger partial charge on any atom is -0.464 e. The van der Waals surface area contributed by atoms with E-state index >= 15 is 0 Å². The van der Waals surface area contributed by atoms with Crippen molar-refractivity contribution in [3.63, 3.8) is 0 Å². The van der Waals surface area contributed by atoms with Crippen LogP contribution < -0.4 is 9.47 Å². The standard InChI is InChI=1S/C22H22O2/c1-5-15-11-9-13-17-19(15)21(23-7-3)18-14-10-12-16(6-2)20(18)22(17)24-8-4/h7-14H,3-6H2,1-2H3. The lowest BCUT2D eigenvalue weighted by Crippen LogP contribution is -1.97. The molecule has 0 radical (unpaired) electrons. The summed E-state index contributed by atoms with van der Waals surface area (Å²) in [4.78, 5) is 0. The molecule has 122 valence electrons. The van der Waals surface area contributed by atoms with Crippen molar-refractivity contribution in [2.75, 3.05) is 0 Å². The fourth-order valence-corrected chi connectivity index (χ4v) is 3.39. The van der Waals surface area contributed by atoms with Crippen LogP contribution in [0.5, 0.6) is 11.5 Å². The highest BCUT2D eigenvalue weighted by atomic mass is 16.5. The summed E-state index contributed by atoms with van der Waals surface area (Å²) in [6.45, 7) is 11.8. The Kier molecular flexibility index (Phi) is 4.57. The number of ether oxygens (including phenoxy) is 2. The largest absolute Gasteiger partial charge is 0.464 e. The highest BCUT2D eigenvalue weighted by molar-refractivity contribution is 6.13. The van der Waals surface area contributed by atoms with Crippen LogP contribution in [0, 0.1) is 0 Å². The Bertz CT molecular complexity index is 845. The number of benzene rings is 3. The maximum atomic E-state index is 5.89. The molecule has 3 aromatic carbocycles. The summed E-state index contributed by atoms with van der Waals surface area (Å²) in [6.07, 6.45) is 4.81. The van der Waals surface area contributed by atoms with Crippen LogP contribution in [0.4, 0.5) is 0 Å². The zero-order valence-corrected chi connectivity index (χ0v) is 14.3. The van der Waals surface area contributed by atoms with Gasteiger partial charge in [0, 0.05) is 21.5 Å². The van der Waals surface area contributed by atoms with Crippen molar-refractivity contribution < 1.29 is 9.47 Å². The van der Waals surface area contributed by atoms with Gasteiger partial charge in [-0.3, -0.25) is 0 Å². The fraction of sp³-hybridized carbons (Fsp3) is 0.182. The molecule has 0 spiro atoms. The van der Waals surface area contributed by atoms with E-state index in [1.807, 2.05) is 0 Å². The fourth-order valence-electron chi connectivity index (χ4n) is 3.39. The van der Waals surface area contributed by atoms with Gasteiger partial charge in [-0.2, -0.15) is 0 Å². The van der Waals surface area contributed by atoms with Crippen molar-refractivity contribution in [1.82, 2.24) is 0 Å². The number of fused-ring (bicyclic) bond motifs is 2. The molecule has 0 N–H and O–H groups in total. The van der Waals surface area contributed by atoms with Crippen molar-refractivity contribution in [2.24, 2.45) is 0 Å². The monoisotopic (exact) mass is 318 g/mol. The van der Waals surface area contributed by atoms with E-state index in [-0.39, 0.29) is 0 Å². The van der Waals surface area contributed by atoms with Crippen molar-refractivity contribution >= 4 is 21.5 Å². The first-order valence-corrected chi connectivity index (χ1v) is 8.31. The maximum absolute atomic E-state index is 5.89. The summed E-state index contributed by atoms with van der Waals surface area (Å²) in [7, 11) is 0. The second-order valence-electron chi connectivity index (χ2n) is 5.61. The minimum atomic E-state index is 0.846.